The van der Waals surface area contributed by atoms with Gasteiger partial charge in [0.25, 0.3) is 0 Å². The first-order valence-electron chi connectivity index (χ1n) is 7.78. The van der Waals surface area contributed by atoms with Crippen LogP contribution in [0, 0.1) is 5.92 Å². The highest BCUT2D eigenvalue weighted by Crippen LogP contribution is 2.21. The van der Waals surface area contributed by atoms with Gasteiger partial charge >= 0.3 is 0 Å². The van der Waals surface area contributed by atoms with Crippen LogP contribution in [-0.4, -0.2) is 31.1 Å². The molecule has 1 N–H and O–H groups in total. The Bertz CT molecular complexity index is 329. The first-order valence-corrected chi connectivity index (χ1v) is 8.66. The van der Waals surface area contributed by atoms with Crippen LogP contribution in [0.2, 0.25) is 0 Å². The van der Waals surface area contributed by atoms with Gasteiger partial charge in [-0.05, 0) is 50.2 Å². The summed E-state index contributed by atoms with van der Waals surface area (Å²) in [6.07, 6.45) is 5.61. The standard InChI is InChI=1S/C16H28N2S/c1-3-5-15-7-10-18(11-8-15)12-9-17-14(2)16-6-4-13-19-16/h4,6,13-15,17H,3,5,7-12H2,1-2H3. The van der Waals surface area contributed by atoms with Crippen molar-refractivity contribution in [1.82, 2.24) is 10.2 Å². The molecule has 1 atom stereocenters. The van der Waals surface area contributed by atoms with Gasteiger partial charge in [-0.15, -0.1) is 11.3 Å². The molecular weight excluding hydrogens is 252 g/mol. The molecule has 1 aliphatic rings. The molecule has 2 heterocycles. The van der Waals surface area contributed by atoms with E-state index in [0.29, 0.717) is 6.04 Å². The largest absolute Gasteiger partial charge is 0.308 e. The van der Waals surface area contributed by atoms with Crippen LogP contribution < -0.4 is 5.32 Å². The lowest BCUT2D eigenvalue weighted by atomic mass is 9.92. The molecule has 0 aromatic carbocycles. The smallest absolute Gasteiger partial charge is 0.0386 e. The third-order valence-corrected chi connectivity index (χ3v) is 5.31. The highest BCUT2D eigenvalue weighted by Gasteiger charge is 2.18. The topological polar surface area (TPSA) is 15.3 Å². The van der Waals surface area contributed by atoms with Crippen molar-refractivity contribution in [3.63, 3.8) is 0 Å². The van der Waals surface area contributed by atoms with Gasteiger partial charge < -0.3 is 10.2 Å². The van der Waals surface area contributed by atoms with Crippen LogP contribution in [-0.2, 0) is 0 Å². The molecule has 1 unspecified atom stereocenters. The van der Waals surface area contributed by atoms with Crippen molar-refractivity contribution in [1.29, 1.82) is 0 Å². The molecule has 1 aromatic rings. The molecule has 1 fully saturated rings. The fourth-order valence-corrected chi connectivity index (χ4v) is 3.74. The minimum atomic E-state index is 0.498. The molecule has 19 heavy (non-hydrogen) atoms. The Morgan fingerprint density at radius 1 is 1.42 bits per heavy atom. The second kappa shape index (κ2) is 8.03. The van der Waals surface area contributed by atoms with Gasteiger partial charge in [0.1, 0.15) is 0 Å². The van der Waals surface area contributed by atoms with Gasteiger partial charge in [0, 0.05) is 24.0 Å². The van der Waals surface area contributed by atoms with Crippen LogP contribution in [0.4, 0.5) is 0 Å². The van der Waals surface area contributed by atoms with E-state index in [1.54, 1.807) is 0 Å². The Morgan fingerprint density at radius 2 is 2.21 bits per heavy atom. The summed E-state index contributed by atoms with van der Waals surface area (Å²) in [4.78, 5) is 4.07. The molecular formula is C16H28N2S. The normalized spacial score (nSPS) is 19.7. The van der Waals surface area contributed by atoms with E-state index in [4.69, 9.17) is 0 Å². The second-order valence-electron chi connectivity index (χ2n) is 5.76. The SMILES string of the molecule is CCCC1CCN(CCNC(C)c2cccs2)CC1. The summed E-state index contributed by atoms with van der Waals surface area (Å²) >= 11 is 1.85. The predicted molar refractivity (Wildman–Crippen MR) is 84.8 cm³/mol. The average Bonchev–Trinajstić information content (AvgIpc) is 2.95. The molecule has 0 spiro atoms. The minimum Gasteiger partial charge on any atom is -0.308 e. The predicted octanol–water partition coefficient (Wildman–Crippen LogP) is 3.91. The Labute approximate surface area is 122 Å². The van der Waals surface area contributed by atoms with Gasteiger partial charge in [0.05, 0.1) is 0 Å². The molecule has 0 radical (unpaired) electrons. The number of hydrogen-bond donors (Lipinski definition) is 1. The molecule has 0 bridgehead atoms. The maximum absolute atomic E-state index is 3.64. The van der Waals surface area contributed by atoms with Gasteiger partial charge in [-0.2, -0.15) is 0 Å². The van der Waals surface area contributed by atoms with Crippen molar-refractivity contribution in [3.05, 3.63) is 22.4 Å². The monoisotopic (exact) mass is 280 g/mol. The van der Waals surface area contributed by atoms with E-state index in [1.165, 1.54) is 50.2 Å². The summed E-state index contributed by atoms with van der Waals surface area (Å²) < 4.78 is 0. The van der Waals surface area contributed by atoms with Crippen molar-refractivity contribution in [2.24, 2.45) is 5.92 Å². The first-order chi connectivity index (χ1) is 9.29. The van der Waals surface area contributed by atoms with E-state index in [-0.39, 0.29) is 0 Å². The first kappa shape index (κ1) is 15.0. The van der Waals surface area contributed by atoms with Crippen molar-refractivity contribution in [3.8, 4) is 0 Å². The number of likely N-dealkylation sites (tertiary alicyclic amines) is 1. The molecule has 3 heteroatoms. The van der Waals surface area contributed by atoms with Crippen LogP contribution in [0.1, 0.15) is 50.4 Å². The van der Waals surface area contributed by atoms with Crippen molar-refractivity contribution < 1.29 is 0 Å². The molecule has 1 aliphatic heterocycles. The van der Waals surface area contributed by atoms with E-state index in [2.05, 4.69) is 41.6 Å². The van der Waals surface area contributed by atoms with Crippen LogP contribution in [0.3, 0.4) is 0 Å². The van der Waals surface area contributed by atoms with Crippen LogP contribution in [0.5, 0.6) is 0 Å². The second-order valence-corrected chi connectivity index (χ2v) is 6.74. The van der Waals surface area contributed by atoms with Gasteiger partial charge in [0.15, 0.2) is 0 Å². The van der Waals surface area contributed by atoms with E-state index in [9.17, 15) is 0 Å². The lowest BCUT2D eigenvalue weighted by Crippen LogP contribution is -2.38. The van der Waals surface area contributed by atoms with E-state index >= 15 is 0 Å². The van der Waals surface area contributed by atoms with Gasteiger partial charge in [-0.1, -0.05) is 25.8 Å². The summed E-state index contributed by atoms with van der Waals surface area (Å²) in [5, 5.41) is 5.80. The lowest BCUT2D eigenvalue weighted by molar-refractivity contribution is 0.178. The number of nitrogens with one attached hydrogen (secondary N) is 1. The van der Waals surface area contributed by atoms with E-state index < -0.39 is 0 Å². The van der Waals surface area contributed by atoms with Gasteiger partial charge in [-0.3, -0.25) is 0 Å². The van der Waals surface area contributed by atoms with Crippen molar-refractivity contribution in [2.75, 3.05) is 26.2 Å². The summed E-state index contributed by atoms with van der Waals surface area (Å²) in [5.41, 5.74) is 0. The summed E-state index contributed by atoms with van der Waals surface area (Å²) in [7, 11) is 0. The maximum atomic E-state index is 3.64. The number of rotatable bonds is 7. The summed E-state index contributed by atoms with van der Waals surface area (Å²) in [6.45, 7) is 9.49. The Balaban J connectivity index is 1.59. The maximum Gasteiger partial charge on any atom is 0.0386 e. The Kier molecular flexibility index (Phi) is 6.35. The lowest BCUT2D eigenvalue weighted by Gasteiger charge is -2.32. The molecule has 0 amide bonds. The molecule has 2 nitrogen and oxygen atoms in total. The zero-order chi connectivity index (χ0) is 13.5. The zero-order valence-electron chi connectivity index (χ0n) is 12.4. The fourth-order valence-electron chi connectivity index (χ4n) is 2.98. The number of piperidine rings is 1. The highest BCUT2D eigenvalue weighted by molar-refractivity contribution is 7.10. The van der Waals surface area contributed by atoms with E-state index in [0.717, 1.165) is 12.5 Å². The van der Waals surface area contributed by atoms with E-state index in [1.807, 2.05) is 11.3 Å². The van der Waals surface area contributed by atoms with Crippen LogP contribution in [0.25, 0.3) is 0 Å². The Morgan fingerprint density at radius 3 is 2.84 bits per heavy atom. The molecule has 1 saturated heterocycles. The molecule has 0 saturated carbocycles. The quantitative estimate of drug-likeness (QED) is 0.814. The van der Waals surface area contributed by atoms with Crippen LogP contribution >= 0.6 is 11.3 Å². The molecule has 1 aromatic heterocycles. The highest BCUT2D eigenvalue weighted by atomic mass is 32.1. The molecule has 108 valence electrons. The van der Waals surface area contributed by atoms with Crippen molar-refractivity contribution in [2.45, 2.75) is 45.6 Å². The summed E-state index contributed by atoms with van der Waals surface area (Å²) in [6, 6.07) is 4.85. The third-order valence-electron chi connectivity index (χ3n) is 4.25. The third kappa shape index (κ3) is 4.90. The molecule has 0 aliphatic carbocycles. The van der Waals surface area contributed by atoms with Gasteiger partial charge in [0.2, 0.25) is 0 Å². The van der Waals surface area contributed by atoms with Crippen LogP contribution in [0.15, 0.2) is 17.5 Å². The minimum absolute atomic E-state index is 0.498. The summed E-state index contributed by atoms with van der Waals surface area (Å²) in [5.74, 6) is 0.999. The Hall–Kier alpha value is -0.380. The van der Waals surface area contributed by atoms with Crippen molar-refractivity contribution >= 4 is 11.3 Å². The zero-order valence-corrected chi connectivity index (χ0v) is 13.2. The number of hydrogen-bond acceptors (Lipinski definition) is 3. The number of thiophene rings is 1. The molecule has 2 rings (SSSR count). The fraction of sp³-hybridized carbons (Fsp3) is 0.750. The number of nitrogens with zero attached hydrogens (tertiary/aromatic N) is 1. The van der Waals surface area contributed by atoms with Gasteiger partial charge in [-0.25, -0.2) is 0 Å². The average molecular weight is 280 g/mol.